The zero-order valence-corrected chi connectivity index (χ0v) is 19.6. The molecule has 0 saturated carbocycles. The Kier molecular flexibility index (Phi) is 6.04. The summed E-state index contributed by atoms with van der Waals surface area (Å²) < 4.78 is 44.3. The molecule has 0 bridgehead atoms. The van der Waals surface area contributed by atoms with Crippen molar-refractivity contribution in [1.29, 1.82) is 0 Å². The van der Waals surface area contributed by atoms with Crippen molar-refractivity contribution in [3.05, 3.63) is 90.0 Å². The molecule has 2 N–H and O–H groups in total. The van der Waals surface area contributed by atoms with Crippen molar-refractivity contribution < 1.29 is 22.4 Å². The van der Waals surface area contributed by atoms with Gasteiger partial charge in [-0.05, 0) is 36.1 Å². The summed E-state index contributed by atoms with van der Waals surface area (Å²) in [5.74, 6) is -2.45. The second kappa shape index (κ2) is 9.34. The van der Waals surface area contributed by atoms with Gasteiger partial charge in [0.15, 0.2) is 11.6 Å². The van der Waals surface area contributed by atoms with Crippen molar-refractivity contribution in [3.8, 4) is 11.3 Å². The van der Waals surface area contributed by atoms with Gasteiger partial charge in [-0.1, -0.05) is 30.3 Å². The molecule has 1 amide bonds. The number of carbonyl (C=O) groups is 1. The van der Waals surface area contributed by atoms with Crippen LogP contribution in [-0.4, -0.2) is 25.8 Å². The van der Waals surface area contributed by atoms with Crippen molar-refractivity contribution in [3.63, 3.8) is 0 Å². The number of halogens is 3. The summed E-state index contributed by atoms with van der Waals surface area (Å²) in [6.07, 6.45) is 0.270. The molecule has 37 heavy (non-hydrogen) atoms. The van der Waals surface area contributed by atoms with Crippen LogP contribution in [0.3, 0.4) is 0 Å². The third-order valence-electron chi connectivity index (χ3n) is 5.55. The lowest BCUT2D eigenvalue weighted by Gasteiger charge is -2.12. The van der Waals surface area contributed by atoms with Gasteiger partial charge in [0.1, 0.15) is 0 Å². The van der Waals surface area contributed by atoms with E-state index in [1.54, 1.807) is 42.9 Å². The molecule has 0 saturated heterocycles. The van der Waals surface area contributed by atoms with Crippen LogP contribution in [0, 0.1) is 13.8 Å². The molecule has 0 aliphatic rings. The maximum atomic E-state index is 13.2. The van der Waals surface area contributed by atoms with E-state index in [9.17, 15) is 18.0 Å². The molecule has 0 aliphatic heterocycles. The lowest BCUT2D eigenvalue weighted by atomic mass is 10.1. The van der Waals surface area contributed by atoms with Gasteiger partial charge in [-0.2, -0.15) is 13.2 Å². The Morgan fingerprint density at radius 2 is 1.81 bits per heavy atom. The predicted octanol–water partition coefficient (Wildman–Crippen LogP) is 6.31. The lowest BCUT2D eigenvalue weighted by molar-refractivity contribution is -0.153. The number of nitrogens with zero attached hydrogens (tertiary/aromatic N) is 4. The quantitative estimate of drug-likeness (QED) is 0.289. The predicted molar refractivity (Wildman–Crippen MR) is 131 cm³/mol. The van der Waals surface area contributed by atoms with Crippen molar-refractivity contribution in [2.75, 3.05) is 10.6 Å². The number of benzene rings is 2. The number of carbonyl (C=O) groups excluding carboxylic acids is 1. The Labute approximate surface area is 208 Å². The number of rotatable bonds is 5. The first-order chi connectivity index (χ1) is 17.7. The number of pyridine rings is 1. The van der Waals surface area contributed by atoms with Crippen LogP contribution in [0.1, 0.15) is 27.7 Å². The van der Waals surface area contributed by atoms with Gasteiger partial charge in [0.25, 0.3) is 5.91 Å². The minimum atomic E-state index is -4.85. The van der Waals surface area contributed by atoms with Crippen LogP contribution in [0.25, 0.3) is 22.0 Å². The van der Waals surface area contributed by atoms with E-state index >= 15 is 0 Å². The Hall–Kier alpha value is -4.80. The highest BCUT2D eigenvalue weighted by Gasteiger charge is 2.41. The normalized spacial score (nSPS) is 11.5. The van der Waals surface area contributed by atoms with Gasteiger partial charge >= 0.3 is 6.18 Å². The summed E-state index contributed by atoms with van der Waals surface area (Å²) in [6, 6.07) is 14.4. The van der Waals surface area contributed by atoms with E-state index in [0.29, 0.717) is 17.3 Å². The highest BCUT2D eigenvalue weighted by molar-refractivity contribution is 6.04. The third kappa shape index (κ3) is 4.96. The van der Waals surface area contributed by atoms with Crippen LogP contribution in [0.4, 0.5) is 30.5 Å². The summed E-state index contributed by atoms with van der Waals surface area (Å²) >= 11 is 0. The molecule has 0 aliphatic carbocycles. The van der Waals surface area contributed by atoms with Crippen LogP contribution in [0.2, 0.25) is 0 Å². The van der Waals surface area contributed by atoms with Gasteiger partial charge < -0.3 is 15.1 Å². The number of nitrogens with one attached hydrogen (secondary N) is 2. The summed E-state index contributed by atoms with van der Waals surface area (Å²) in [5, 5.41) is 7.53. The van der Waals surface area contributed by atoms with E-state index in [0.717, 1.165) is 21.9 Å². The fourth-order valence-electron chi connectivity index (χ4n) is 3.81. The second-order valence-electron chi connectivity index (χ2n) is 8.19. The first kappa shape index (κ1) is 23.9. The number of hydrogen-bond donors (Lipinski definition) is 2. The number of alkyl halides is 3. The maximum absolute atomic E-state index is 13.2. The number of hydrogen-bond acceptors (Lipinski definition) is 7. The molecule has 0 fully saturated rings. The zero-order valence-electron chi connectivity index (χ0n) is 19.6. The topological polar surface area (TPSA) is 106 Å². The Morgan fingerprint density at radius 1 is 1.00 bits per heavy atom. The van der Waals surface area contributed by atoms with Crippen molar-refractivity contribution in [2.24, 2.45) is 0 Å². The number of amides is 1. The molecule has 0 unspecified atom stereocenters. The number of oxazole rings is 1. The Bertz CT molecular complexity index is 1630. The lowest BCUT2D eigenvalue weighted by Crippen LogP contribution is -2.18. The van der Waals surface area contributed by atoms with E-state index in [4.69, 9.17) is 0 Å². The Balaban J connectivity index is 1.41. The molecular weight excluding hydrogens is 485 g/mol. The monoisotopic (exact) mass is 504 g/mol. The first-order valence-electron chi connectivity index (χ1n) is 11.1. The highest BCUT2D eigenvalue weighted by Crippen LogP contribution is 2.33. The zero-order chi connectivity index (χ0) is 26.2. The van der Waals surface area contributed by atoms with Crippen LogP contribution in [-0.2, 0) is 6.18 Å². The largest absolute Gasteiger partial charge is 0.452 e. The fraction of sp³-hybridized carbons (Fsp3) is 0.115. The molecule has 186 valence electrons. The second-order valence-corrected chi connectivity index (χ2v) is 8.19. The van der Waals surface area contributed by atoms with Crippen molar-refractivity contribution in [1.82, 2.24) is 19.9 Å². The Morgan fingerprint density at radius 3 is 2.62 bits per heavy atom. The van der Waals surface area contributed by atoms with E-state index < -0.39 is 23.5 Å². The molecule has 0 atom stereocenters. The summed E-state index contributed by atoms with van der Waals surface area (Å²) in [4.78, 5) is 29.4. The van der Waals surface area contributed by atoms with E-state index in [-0.39, 0.29) is 11.6 Å². The first-order valence-corrected chi connectivity index (χ1v) is 11.1. The van der Waals surface area contributed by atoms with Gasteiger partial charge in [0.05, 0.1) is 5.69 Å². The summed E-state index contributed by atoms with van der Waals surface area (Å²) in [5.41, 5.74) is 2.27. The molecule has 2 aromatic carbocycles. The molecule has 8 nitrogen and oxygen atoms in total. The van der Waals surface area contributed by atoms with Gasteiger partial charge in [-0.3, -0.25) is 9.78 Å². The highest BCUT2D eigenvalue weighted by atomic mass is 19.4. The number of fused-ring (bicyclic) bond motifs is 1. The van der Waals surface area contributed by atoms with E-state index in [1.807, 2.05) is 31.2 Å². The molecular formula is C26H19F3N6O2. The minimum absolute atomic E-state index is 0.251. The molecule has 0 radical (unpaired) electrons. The third-order valence-corrected chi connectivity index (χ3v) is 5.55. The number of aryl methyl sites for hydroxylation is 2. The minimum Gasteiger partial charge on any atom is -0.436 e. The average Bonchev–Trinajstić information content (AvgIpc) is 3.28. The fourth-order valence-corrected chi connectivity index (χ4v) is 3.81. The van der Waals surface area contributed by atoms with Gasteiger partial charge in [0, 0.05) is 47.8 Å². The molecule has 11 heteroatoms. The molecule has 3 aromatic heterocycles. The molecule has 3 heterocycles. The standard InChI is InChI=1S/C26H19F3N6O2/c1-14-7-8-17(33-24(36)22-23(26(27,28)29)37-15(2)32-22)11-21(14)35-25-31-10-9-20(34-25)19-13-30-12-16-5-3-4-6-18(16)19/h3-13H,1-2H3,(H,33,36)(H,31,34,35). The van der Waals surface area contributed by atoms with Gasteiger partial charge in [0.2, 0.25) is 11.7 Å². The van der Waals surface area contributed by atoms with E-state index in [1.165, 1.54) is 6.92 Å². The van der Waals surface area contributed by atoms with Gasteiger partial charge in [-0.25, -0.2) is 15.0 Å². The van der Waals surface area contributed by atoms with Crippen LogP contribution in [0.5, 0.6) is 0 Å². The van der Waals surface area contributed by atoms with Crippen LogP contribution < -0.4 is 10.6 Å². The maximum Gasteiger partial charge on any atom is 0.452 e. The van der Waals surface area contributed by atoms with Crippen molar-refractivity contribution in [2.45, 2.75) is 20.0 Å². The molecule has 5 rings (SSSR count). The SMILES string of the molecule is Cc1nc(C(=O)Nc2ccc(C)c(Nc3nccc(-c4cncc5ccccc45)n3)c2)c(C(F)(F)F)o1. The summed E-state index contributed by atoms with van der Waals surface area (Å²) in [7, 11) is 0. The van der Waals surface area contributed by atoms with E-state index in [2.05, 4.69) is 35.0 Å². The number of anilines is 3. The van der Waals surface area contributed by atoms with Crippen LogP contribution >= 0.6 is 0 Å². The number of aromatic nitrogens is 4. The van der Waals surface area contributed by atoms with Crippen molar-refractivity contribution >= 4 is 34.0 Å². The van der Waals surface area contributed by atoms with Gasteiger partial charge in [-0.15, -0.1) is 0 Å². The van der Waals surface area contributed by atoms with Crippen LogP contribution in [0.15, 0.2) is 71.5 Å². The smallest absolute Gasteiger partial charge is 0.436 e. The summed E-state index contributed by atoms with van der Waals surface area (Å²) in [6.45, 7) is 3.07. The average molecular weight is 504 g/mol. The molecule has 5 aromatic rings. The molecule has 0 spiro atoms.